The highest BCUT2D eigenvalue weighted by Crippen LogP contribution is 2.38. The highest BCUT2D eigenvalue weighted by Gasteiger charge is 2.44. The van der Waals surface area contributed by atoms with Crippen LogP contribution in [-0.2, 0) is 9.53 Å². The van der Waals surface area contributed by atoms with Crippen molar-refractivity contribution in [3.63, 3.8) is 0 Å². The molecule has 2 unspecified atom stereocenters. The van der Waals surface area contributed by atoms with Crippen LogP contribution >= 0.6 is 12.4 Å². The van der Waals surface area contributed by atoms with Crippen LogP contribution in [0.3, 0.4) is 0 Å². The average molecular weight is 273 g/mol. The van der Waals surface area contributed by atoms with Gasteiger partial charge in [-0.1, -0.05) is 12.2 Å². The van der Waals surface area contributed by atoms with Crippen molar-refractivity contribution >= 4 is 18.3 Å². The summed E-state index contributed by atoms with van der Waals surface area (Å²) < 4.78 is 5.56. The Morgan fingerprint density at radius 1 is 1.33 bits per heavy atom. The molecular formula is C13H21ClN2O2. The molecule has 2 aliphatic heterocycles. The number of ether oxygens (including phenoxy) is 1. The van der Waals surface area contributed by atoms with E-state index in [1.165, 1.54) is 12.8 Å². The lowest BCUT2D eigenvalue weighted by atomic mass is 9.94. The van der Waals surface area contributed by atoms with Crippen molar-refractivity contribution in [3.8, 4) is 0 Å². The van der Waals surface area contributed by atoms with Crippen LogP contribution in [0.4, 0.5) is 0 Å². The van der Waals surface area contributed by atoms with Crippen LogP contribution in [0.25, 0.3) is 0 Å². The summed E-state index contributed by atoms with van der Waals surface area (Å²) in [4.78, 5) is 14.3. The lowest BCUT2D eigenvalue weighted by Gasteiger charge is -2.38. The Morgan fingerprint density at radius 3 is 2.50 bits per heavy atom. The Morgan fingerprint density at radius 2 is 2.00 bits per heavy atom. The third kappa shape index (κ3) is 2.29. The molecule has 0 aromatic heterocycles. The SMILES string of the molecule is COC1[C@@H]2CC[C@H]1CN(C(=O)C1C=CCN1)C2.Cl. The molecule has 4 atom stereocenters. The summed E-state index contributed by atoms with van der Waals surface area (Å²) in [5.41, 5.74) is 0. The van der Waals surface area contributed by atoms with E-state index in [2.05, 4.69) is 5.32 Å². The standard InChI is InChI=1S/C13H20N2O2.ClH/c1-17-12-9-4-5-10(12)8-15(7-9)13(16)11-3-2-6-14-11;/h2-3,9-12,14H,4-8H2,1H3;1H/t9-,10+,11?,12?;. The zero-order valence-corrected chi connectivity index (χ0v) is 11.5. The molecule has 102 valence electrons. The number of nitrogens with one attached hydrogen (secondary N) is 1. The fourth-order valence-electron chi connectivity index (χ4n) is 3.57. The van der Waals surface area contributed by atoms with Gasteiger partial charge in [0.1, 0.15) is 6.04 Å². The van der Waals surface area contributed by atoms with E-state index < -0.39 is 0 Å². The number of fused-ring (bicyclic) bond motifs is 2. The molecule has 5 heteroatoms. The van der Waals surface area contributed by atoms with Gasteiger partial charge in [0.15, 0.2) is 0 Å². The van der Waals surface area contributed by atoms with Crippen LogP contribution in [-0.4, -0.2) is 49.7 Å². The van der Waals surface area contributed by atoms with Crippen LogP contribution in [0.1, 0.15) is 12.8 Å². The largest absolute Gasteiger partial charge is 0.381 e. The summed E-state index contributed by atoms with van der Waals surface area (Å²) >= 11 is 0. The predicted octanol–water partition coefficient (Wildman–Crippen LogP) is 0.820. The minimum Gasteiger partial charge on any atom is -0.381 e. The Balaban J connectivity index is 0.00000120. The molecule has 2 bridgehead atoms. The average Bonchev–Trinajstić information content (AvgIpc) is 2.94. The van der Waals surface area contributed by atoms with Gasteiger partial charge in [-0.2, -0.15) is 0 Å². The molecule has 1 amide bonds. The number of amides is 1. The van der Waals surface area contributed by atoms with Crippen molar-refractivity contribution in [2.45, 2.75) is 25.0 Å². The molecule has 1 saturated heterocycles. The smallest absolute Gasteiger partial charge is 0.243 e. The number of likely N-dealkylation sites (tertiary alicyclic amines) is 1. The van der Waals surface area contributed by atoms with Gasteiger partial charge < -0.3 is 9.64 Å². The van der Waals surface area contributed by atoms with Gasteiger partial charge in [0, 0.05) is 38.6 Å². The van der Waals surface area contributed by atoms with Gasteiger partial charge in [0.25, 0.3) is 0 Å². The minimum atomic E-state index is -0.0894. The Bertz CT molecular complexity index is 334. The highest BCUT2D eigenvalue weighted by molar-refractivity contribution is 5.85. The number of halogens is 1. The number of hydrogen-bond donors (Lipinski definition) is 1. The van der Waals surface area contributed by atoms with Crippen LogP contribution in [0.15, 0.2) is 12.2 Å². The fourth-order valence-corrected chi connectivity index (χ4v) is 3.57. The third-order valence-electron chi connectivity index (χ3n) is 4.38. The zero-order chi connectivity index (χ0) is 11.8. The van der Waals surface area contributed by atoms with Crippen LogP contribution in [0, 0.1) is 11.8 Å². The first kappa shape index (κ1) is 13.8. The number of hydrogen-bond acceptors (Lipinski definition) is 3. The van der Waals surface area contributed by atoms with Crippen molar-refractivity contribution in [1.82, 2.24) is 10.2 Å². The normalized spacial score (nSPS) is 37.7. The monoisotopic (exact) mass is 272 g/mol. The van der Waals surface area contributed by atoms with Crippen molar-refractivity contribution in [1.29, 1.82) is 0 Å². The lowest BCUT2D eigenvalue weighted by Crippen LogP contribution is -2.52. The van der Waals surface area contributed by atoms with Gasteiger partial charge in [-0.3, -0.25) is 10.1 Å². The lowest BCUT2D eigenvalue weighted by molar-refractivity contribution is -0.137. The Kier molecular flexibility index (Phi) is 4.30. The van der Waals surface area contributed by atoms with E-state index >= 15 is 0 Å². The molecule has 2 fully saturated rings. The molecule has 1 saturated carbocycles. The second-order valence-corrected chi connectivity index (χ2v) is 5.36. The van der Waals surface area contributed by atoms with Crippen molar-refractivity contribution < 1.29 is 9.53 Å². The maximum absolute atomic E-state index is 12.3. The first-order valence-corrected chi connectivity index (χ1v) is 6.51. The summed E-state index contributed by atoms with van der Waals surface area (Å²) in [5, 5.41) is 3.20. The van der Waals surface area contributed by atoms with Crippen LogP contribution in [0.2, 0.25) is 0 Å². The summed E-state index contributed by atoms with van der Waals surface area (Å²) in [6, 6.07) is -0.0894. The Labute approximate surface area is 114 Å². The second kappa shape index (κ2) is 5.59. The van der Waals surface area contributed by atoms with E-state index in [9.17, 15) is 4.79 Å². The van der Waals surface area contributed by atoms with Crippen LogP contribution < -0.4 is 5.32 Å². The molecule has 0 radical (unpaired) electrons. The number of methoxy groups -OCH3 is 1. The summed E-state index contributed by atoms with van der Waals surface area (Å²) in [7, 11) is 1.80. The molecule has 2 heterocycles. The zero-order valence-electron chi connectivity index (χ0n) is 10.7. The highest BCUT2D eigenvalue weighted by atomic mass is 35.5. The van der Waals surface area contributed by atoms with Gasteiger partial charge >= 0.3 is 0 Å². The number of piperidine rings is 1. The summed E-state index contributed by atoms with van der Waals surface area (Å²) in [6.07, 6.45) is 6.80. The van der Waals surface area contributed by atoms with Crippen molar-refractivity contribution in [3.05, 3.63) is 12.2 Å². The number of nitrogens with zero attached hydrogens (tertiary/aromatic N) is 1. The molecule has 0 spiro atoms. The molecule has 3 rings (SSSR count). The van der Waals surface area contributed by atoms with Gasteiger partial charge in [-0.05, 0) is 12.8 Å². The van der Waals surface area contributed by atoms with Gasteiger partial charge in [0.2, 0.25) is 5.91 Å². The number of rotatable bonds is 2. The minimum absolute atomic E-state index is 0. The molecule has 18 heavy (non-hydrogen) atoms. The molecule has 1 N–H and O–H groups in total. The first-order chi connectivity index (χ1) is 8.29. The van der Waals surface area contributed by atoms with E-state index in [-0.39, 0.29) is 24.4 Å². The molecule has 0 aromatic carbocycles. The van der Waals surface area contributed by atoms with Crippen molar-refractivity contribution in [2.24, 2.45) is 11.8 Å². The van der Waals surface area contributed by atoms with E-state index in [0.717, 1.165) is 19.6 Å². The van der Waals surface area contributed by atoms with Gasteiger partial charge in [-0.25, -0.2) is 0 Å². The first-order valence-electron chi connectivity index (χ1n) is 6.51. The second-order valence-electron chi connectivity index (χ2n) is 5.36. The Hall–Kier alpha value is -0.580. The summed E-state index contributed by atoms with van der Waals surface area (Å²) in [5.74, 6) is 1.34. The quantitative estimate of drug-likeness (QED) is 0.757. The van der Waals surface area contributed by atoms with Gasteiger partial charge in [0.05, 0.1) is 6.10 Å². The van der Waals surface area contributed by atoms with Crippen LogP contribution in [0.5, 0.6) is 0 Å². The van der Waals surface area contributed by atoms with E-state index in [1.807, 2.05) is 17.1 Å². The van der Waals surface area contributed by atoms with Crippen molar-refractivity contribution in [2.75, 3.05) is 26.7 Å². The molecule has 3 aliphatic rings. The van der Waals surface area contributed by atoms with E-state index in [0.29, 0.717) is 17.9 Å². The molecule has 4 nitrogen and oxygen atoms in total. The van der Waals surface area contributed by atoms with Gasteiger partial charge in [-0.15, -0.1) is 12.4 Å². The summed E-state index contributed by atoms with van der Waals surface area (Å²) in [6.45, 7) is 2.57. The topological polar surface area (TPSA) is 41.6 Å². The molecular weight excluding hydrogens is 252 g/mol. The third-order valence-corrected chi connectivity index (χ3v) is 4.38. The fraction of sp³-hybridized carbons (Fsp3) is 0.769. The molecule has 1 aliphatic carbocycles. The maximum atomic E-state index is 12.3. The van der Waals surface area contributed by atoms with E-state index in [1.54, 1.807) is 7.11 Å². The molecule has 0 aromatic rings. The predicted molar refractivity (Wildman–Crippen MR) is 71.8 cm³/mol. The number of carbonyl (C=O) groups excluding carboxylic acids is 1. The number of carbonyl (C=O) groups is 1. The maximum Gasteiger partial charge on any atom is 0.243 e. The van der Waals surface area contributed by atoms with E-state index in [4.69, 9.17) is 4.74 Å².